The molecular weight excluding hydrogens is 288 g/mol. The summed E-state index contributed by atoms with van der Waals surface area (Å²) in [4.78, 5) is 24.2. The van der Waals surface area contributed by atoms with Gasteiger partial charge in [-0.1, -0.05) is 43.7 Å². The van der Waals surface area contributed by atoms with Crippen LogP contribution in [0.25, 0.3) is 0 Å². The summed E-state index contributed by atoms with van der Waals surface area (Å²) in [7, 11) is 0. The Morgan fingerprint density at radius 2 is 1.65 bits per heavy atom. The highest BCUT2D eigenvalue weighted by Gasteiger charge is 2.16. The van der Waals surface area contributed by atoms with Gasteiger partial charge in [-0.05, 0) is 43.2 Å². The molecule has 0 saturated heterocycles. The fourth-order valence-corrected chi connectivity index (χ4v) is 2.23. The van der Waals surface area contributed by atoms with Gasteiger partial charge in [-0.2, -0.15) is 0 Å². The number of hydrogen-bond donors (Lipinski definition) is 2. The van der Waals surface area contributed by atoms with Gasteiger partial charge < -0.3 is 10.6 Å². The average Bonchev–Trinajstić information content (AvgIpc) is 2.57. The molecule has 0 fully saturated rings. The Morgan fingerprint density at radius 3 is 2.26 bits per heavy atom. The first-order valence-corrected chi connectivity index (χ1v) is 7.86. The molecule has 0 aliphatic carbocycles. The highest BCUT2D eigenvalue weighted by atomic mass is 16.2. The molecule has 2 aromatic rings. The van der Waals surface area contributed by atoms with Crippen molar-refractivity contribution in [2.45, 2.75) is 32.7 Å². The van der Waals surface area contributed by atoms with E-state index in [1.54, 1.807) is 31.2 Å². The molecule has 1 unspecified atom stereocenters. The minimum absolute atomic E-state index is 0.238. The monoisotopic (exact) mass is 310 g/mol. The lowest BCUT2D eigenvalue weighted by Crippen LogP contribution is -2.41. The molecule has 2 aromatic carbocycles. The summed E-state index contributed by atoms with van der Waals surface area (Å²) in [6.07, 6.45) is 2.12. The van der Waals surface area contributed by atoms with Crippen molar-refractivity contribution in [3.63, 3.8) is 0 Å². The summed E-state index contributed by atoms with van der Waals surface area (Å²) in [5, 5.41) is 5.51. The van der Waals surface area contributed by atoms with Crippen LogP contribution in [0.15, 0.2) is 54.6 Å². The van der Waals surface area contributed by atoms with Crippen LogP contribution >= 0.6 is 0 Å². The number of carbonyl (C=O) groups excluding carboxylic acids is 2. The number of carbonyl (C=O) groups is 2. The molecule has 0 spiro atoms. The molecule has 2 N–H and O–H groups in total. The molecule has 0 bridgehead atoms. The normalized spacial score (nSPS) is 11.6. The van der Waals surface area contributed by atoms with E-state index in [1.165, 1.54) is 5.56 Å². The molecule has 2 rings (SSSR count). The maximum atomic E-state index is 12.2. The van der Waals surface area contributed by atoms with Crippen LogP contribution in [0.1, 0.15) is 36.2 Å². The summed E-state index contributed by atoms with van der Waals surface area (Å²) in [5.41, 5.74) is 2.52. The zero-order valence-corrected chi connectivity index (χ0v) is 13.5. The number of rotatable bonds is 6. The average molecular weight is 310 g/mol. The van der Waals surface area contributed by atoms with E-state index in [0.717, 1.165) is 18.5 Å². The smallest absolute Gasteiger partial charge is 0.251 e. The topological polar surface area (TPSA) is 58.2 Å². The summed E-state index contributed by atoms with van der Waals surface area (Å²) in [6, 6.07) is 16.0. The third-order valence-electron chi connectivity index (χ3n) is 3.54. The van der Waals surface area contributed by atoms with Crippen LogP contribution in [0, 0.1) is 0 Å². The Balaban J connectivity index is 1.90. The van der Waals surface area contributed by atoms with Gasteiger partial charge in [0.15, 0.2) is 0 Å². The van der Waals surface area contributed by atoms with Crippen molar-refractivity contribution in [1.82, 2.24) is 5.32 Å². The van der Waals surface area contributed by atoms with Crippen LogP contribution in [-0.2, 0) is 11.2 Å². The highest BCUT2D eigenvalue weighted by Crippen LogP contribution is 2.11. The minimum atomic E-state index is -0.613. The largest absolute Gasteiger partial charge is 0.341 e. The zero-order chi connectivity index (χ0) is 16.7. The number of aryl methyl sites for hydroxylation is 1. The highest BCUT2D eigenvalue weighted by molar-refractivity contribution is 6.00. The summed E-state index contributed by atoms with van der Waals surface area (Å²) >= 11 is 0. The van der Waals surface area contributed by atoms with Crippen molar-refractivity contribution in [3.05, 3.63) is 65.7 Å². The van der Waals surface area contributed by atoms with Crippen LogP contribution in [0.4, 0.5) is 5.69 Å². The van der Waals surface area contributed by atoms with Crippen LogP contribution in [0.3, 0.4) is 0 Å². The van der Waals surface area contributed by atoms with Gasteiger partial charge in [0, 0.05) is 11.3 Å². The Labute approximate surface area is 136 Å². The molecular formula is C19H22N2O2. The Kier molecular flexibility index (Phi) is 5.92. The quantitative estimate of drug-likeness (QED) is 0.859. The van der Waals surface area contributed by atoms with Crippen molar-refractivity contribution in [1.29, 1.82) is 0 Å². The standard InChI is InChI=1S/C19H22N2O2/c1-3-7-15-10-12-17(13-11-15)21-18(22)14(2)20-19(23)16-8-5-4-6-9-16/h4-6,8-14H,3,7H2,1-2H3,(H,20,23)(H,21,22). The van der Waals surface area contributed by atoms with E-state index >= 15 is 0 Å². The predicted molar refractivity (Wildman–Crippen MR) is 92.4 cm³/mol. The van der Waals surface area contributed by atoms with Gasteiger partial charge >= 0.3 is 0 Å². The number of benzene rings is 2. The Hall–Kier alpha value is -2.62. The maximum absolute atomic E-state index is 12.2. The van der Waals surface area contributed by atoms with Crippen molar-refractivity contribution in [2.24, 2.45) is 0 Å². The van der Waals surface area contributed by atoms with Crippen molar-refractivity contribution in [2.75, 3.05) is 5.32 Å². The first kappa shape index (κ1) is 16.7. The second-order valence-electron chi connectivity index (χ2n) is 5.50. The second kappa shape index (κ2) is 8.13. The zero-order valence-electron chi connectivity index (χ0n) is 13.5. The summed E-state index contributed by atoms with van der Waals surface area (Å²) in [6.45, 7) is 3.80. The SMILES string of the molecule is CCCc1ccc(NC(=O)C(C)NC(=O)c2ccccc2)cc1. The van der Waals surface area contributed by atoms with E-state index in [4.69, 9.17) is 0 Å². The van der Waals surface area contributed by atoms with Crippen LogP contribution < -0.4 is 10.6 Å². The van der Waals surface area contributed by atoms with E-state index in [0.29, 0.717) is 5.56 Å². The molecule has 0 aliphatic rings. The Bertz CT molecular complexity index is 651. The third-order valence-corrected chi connectivity index (χ3v) is 3.54. The number of anilines is 1. The molecule has 0 aliphatic heterocycles. The molecule has 0 heterocycles. The molecule has 0 aromatic heterocycles. The van der Waals surface area contributed by atoms with E-state index < -0.39 is 6.04 Å². The van der Waals surface area contributed by atoms with Crippen molar-refractivity contribution >= 4 is 17.5 Å². The number of hydrogen-bond acceptors (Lipinski definition) is 2. The molecule has 4 heteroatoms. The molecule has 23 heavy (non-hydrogen) atoms. The summed E-state index contributed by atoms with van der Waals surface area (Å²) < 4.78 is 0. The van der Waals surface area contributed by atoms with Crippen molar-refractivity contribution < 1.29 is 9.59 Å². The van der Waals surface area contributed by atoms with Crippen LogP contribution in [0.2, 0.25) is 0 Å². The van der Waals surface area contributed by atoms with Gasteiger partial charge in [-0.3, -0.25) is 9.59 Å². The molecule has 4 nitrogen and oxygen atoms in total. The molecule has 0 saturated carbocycles. The lowest BCUT2D eigenvalue weighted by Gasteiger charge is -2.14. The fourth-order valence-electron chi connectivity index (χ4n) is 2.23. The fraction of sp³-hybridized carbons (Fsp3) is 0.263. The molecule has 120 valence electrons. The van der Waals surface area contributed by atoms with Gasteiger partial charge in [0.1, 0.15) is 6.04 Å². The summed E-state index contributed by atoms with van der Waals surface area (Å²) in [5.74, 6) is -0.496. The third kappa shape index (κ3) is 4.95. The minimum Gasteiger partial charge on any atom is -0.341 e. The molecule has 2 amide bonds. The lowest BCUT2D eigenvalue weighted by molar-refractivity contribution is -0.117. The lowest BCUT2D eigenvalue weighted by atomic mass is 10.1. The van der Waals surface area contributed by atoms with Gasteiger partial charge in [-0.15, -0.1) is 0 Å². The van der Waals surface area contributed by atoms with E-state index in [9.17, 15) is 9.59 Å². The van der Waals surface area contributed by atoms with E-state index in [1.807, 2.05) is 30.3 Å². The van der Waals surface area contributed by atoms with Gasteiger partial charge in [-0.25, -0.2) is 0 Å². The predicted octanol–water partition coefficient (Wildman–Crippen LogP) is 3.40. The number of nitrogens with one attached hydrogen (secondary N) is 2. The first-order chi connectivity index (χ1) is 11.1. The van der Waals surface area contributed by atoms with E-state index in [2.05, 4.69) is 17.6 Å². The van der Waals surface area contributed by atoms with Gasteiger partial charge in [0.2, 0.25) is 5.91 Å². The van der Waals surface area contributed by atoms with Gasteiger partial charge in [0.25, 0.3) is 5.91 Å². The van der Waals surface area contributed by atoms with Crippen LogP contribution in [-0.4, -0.2) is 17.9 Å². The second-order valence-corrected chi connectivity index (χ2v) is 5.50. The van der Waals surface area contributed by atoms with E-state index in [-0.39, 0.29) is 11.8 Å². The number of amides is 2. The van der Waals surface area contributed by atoms with Crippen molar-refractivity contribution in [3.8, 4) is 0 Å². The van der Waals surface area contributed by atoms with Gasteiger partial charge in [0.05, 0.1) is 0 Å². The first-order valence-electron chi connectivity index (χ1n) is 7.86. The molecule has 0 radical (unpaired) electrons. The van der Waals surface area contributed by atoms with Crippen LogP contribution in [0.5, 0.6) is 0 Å². The Morgan fingerprint density at radius 1 is 1.00 bits per heavy atom. The molecule has 1 atom stereocenters. The maximum Gasteiger partial charge on any atom is 0.251 e.